The number of pyridine rings is 1. The Morgan fingerprint density at radius 1 is 1.18 bits per heavy atom. The van der Waals surface area contributed by atoms with Gasteiger partial charge in [0.2, 0.25) is 0 Å². The van der Waals surface area contributed by atoms with E-state index in [1.807, 2.05) is 59.6 Å². The van der Waals surface area contributed by atoms with Crippen LogP contribution in [0.5, 0.6) is 0 Å². The highest BCUT2D eigenvalue weighted by Crippen LogP contribution is 2.32. The van der Waals surface area contributed by atoms with E-state index < -0.39 is 0 Å². The number of aromatic nitrogens is 2. The van der Waals surface area contributed by atoms with Crippen molar-refractivity contribution in [2.45, 2.75) is 19.5 Å². The maximum absolute atomic E-state index is 12.7. The molecule has 0 fully saturated rings. The highest BCUT2D eigenvalue weighted by molar-refractivity contribution is 6.31. The minimum atomic E-state index is -0.0376. The molecule has 0 radical (unpaired) electrons. The van der Waals surface area contributed by atoms with Gasteiger partial charge in [-0.15, -0.1) is 0 Å². The third-order valence-corrected chi connectivity index (χ3v) is 5.59. The molecule has 0 saturated carbocycles. The molecule has 5 nitrogen and oxygen atoms in total. The van der Waals surface area contributed by atoms with E-state index in [9.17, 15) is 4.79 Å². The van der Waals surface area contributed by atoms with Crippen molar-refractivity contribution in [1.82, 2.24) is 20.2 Å². The van der Waals surface area contributed by atoms with Crippen LogP contribution in [0.25, 0.3) is 21.8 Å². The fourth-order valence-electron chi connectivity index (χ4n) is 3.89. The van der Waals surface area contributed by atoms with Crippen molar-refractivity contribution in [3.05, 3.63) is 76.6 Å². The van der Waals surface area contributed by atoms with Crippen LogP contribution in [0.2, 0.25) is 5.02 Å². The van der Waals surface area contributed by atoms with Gasteiger partial charge in [-0.3, -0.25) is 4.98 Å². The molecule has 6 heteroatoms. The number of carbonyl (C=O) groups excluding carboxylic acids is 1. The van der Waals surface area contributed by atoms with Gasteiger partial charge in [-0.25, -0.2) is 4.79 Å². The molecule has 5 rings (SSSR count). The van der Waals surface area contributed by atoms with Crippen LogP contribution in [-0.2, 0) is 19.5 Å². The number of nitrogens with one attached hydrogen (secondary N) is 2. The number of carbonyl (C=O) groups is 1. The molecule has 0 saturated heterocycles. The Kier molecular flexibility index (Phi) is 4.17. The molecule has 1 aliphatic heterocycles. The van der Waals surface area contributed by atoms with Gasteiger partial charge in [0.25, 0.3) is 0 Å². The maximum Gasteiger partial charge on any atom is 0.317 e. The first-order valence-electron chi connectivity index (χ1n) is 9.33. The molecule has 140 valence electrons. The SMILES string of the molecule is O=C(NCc1ccccc1)N1CCc2[nH]c3c(cnc4cc(Cl)ccc43)c2C1. The van der Waals surface area contributed by atoms with Crippen molar-refractivity contribution in [2.24, 2.45) is 0 Å². The first kappa shape index (κ1) is 17.1. The van der Waals surface area contributed by atoms with Gasteiger partial charge in [0.15, 0.2) is 0 Å². The second-order valence-corrected chi connectivity index (χ2v) is 7.54. The van der Waals surface area contributed by atoms with Gasteiger partial charge in [-0.1, -0.05) is 41.9 Å². The van der Waals surface area contributed by atoms with Crippen LogP contribution in [0.4, 0.5) is 4.79 Å². The van der Waals surface area contributed by atoms with Crippen molar-refractivity contribution in [3.63, 3.8) is 0 Å². The molecule has 1 aliphatic rings. The van der Waals surface area contributed by atoms with Gasteiger partial charge in [-0.05, 0) is 23.8 Å². The number of aromatic amines is 1. The molecule has 2 N–H and O–H groups in total. The number of rotatable bonds is 2. The van der Waals surface area contributed by atoms with Gasteiger partial charge in [0, 0.05) is 59.3 Å². The smallest absolute Gasteiger partial charge is 0.317 e. The molecule has 3 heterocycles. The third kappa shape index (κ3) is 2.98. The Balaban J connectivity index is 1.41. The second-order valence-electron chi connectivity index (χ2n) is 7.11. The van der Waals surface area contributed by atoms with Gasteiger partial charge in [0.05, 0.1) is 11.0 Å². The van der Waals surface area contributed by atoms with Crippen molar-refractivity contribution in [3.8, 4) is 0 Å². The standard InChI is InChI=1S/C22H19ClN4O/c23-15-6-7-16-20(10-15)24-12-17-18-13-27(9-8-19(18)26-21(16)17)22(28)25-11-14-4-2-1-3-5-14/h1-7,10,12,26H,8-9,11,13H2,(H,25,28). The number of hydrogen-bond donors (Lipinski definition) is 2. The predicted octanol–water partition coefficient (Wildman–Crippen LogP) is 4.64. The fraction of sp³-hybridized carbons (Fsp3) is 0.182. The summed E-state index contributed by atoms with van der Waals surface area (Å²) in [6.45, 7) is 1.80. The number of H-pyrrole nitrogens is 1. The van der Waals surface area contributed by atoms with Crippen molar-refractivity contribution >= 4 is 39.4 Å². The monoisotopic (exact) mass is 390 g/mol. The molecular formula is C22H19ClN4O. The molecule has 4 aromatic rings. The third-order valence-electron chi connectivity index (χ3n) is 5.35. The summed E-state index contributed by atoms with van der Waals surface area (Å²) in [5, 5.41) is 5.83. The topological polar surface area (TPSA) is 61.0 Å². The average molecular weight is 391 g/mol. The molecule has 0 atom stereocenters. The molecule has 0 bridgehead atoms. The van der Waals surface area contributed by atoms with Crippen LogP contribution in [-0.4, -0.2) is 27.4 Å². The van der Waals surface area contributed by atoms with E-state index in [-0.39, 0.29) is 6.03 Å². The Hall–Kier alpha value is -3.05. The molecule has 0 unspecified atom stereocenters. The van der Waals surface area contributed by atoms with Crippen molar-refractivity contribution < 1.29 is 4.79 Å². The fourth-order valence-corrected chi connectivity index (χ4v) is 4.05. The minimum Gasteiger partial charge on any atom is -0.357 e. The summed E-state index contributed by atoms with van der Waals surface area (Å²) in [7, 11) is 0. The number of benzene rings is 2. The molecule has 2 aromatic carbocycles. The van der Waals surface area contributed by atoms with E-state index in [2.05, 4.69) is 15.3 Å². The summed E-state index contributed by atoms with van der Waals surface area (Å²) >= 11 is 6.10. The highest BCUT2D eigenvalue weighted by Gasteiger charge is 2.24. The van der Waals surface area contributed by atoms with Crippen LogP contribution in [0, 0.1) is 0 Å². The van der Waals surface area contributed by atoms with Crippen molar-refractivity contribution in [1.29, 1.82) is 0 Å². The minimum absolute atomic E-state index is 0.0376. The van der Waals surface area contributed by atoms with Crippen LogP contribution >= 0.6 is 11.6 Å². The summed E-state index contributed by atoms with van der Waals surface area (Å²) in [5.41, 5.74) is 5.37. The lowest BCUT2D eigenvalue weighted by atomic mass is 10.0. The summed E-state index contributed by atoms with van der Waals surface area (Å²) in [6, 6.07) is 15.7. The Labute approximate surface area is 167 Å². The highest BCUT2D eigenvalue weighted by atomic mass is 35.5. The second kappa shape index (κ2) is 6.84. The van der Waals surface area contributed by atoms with E-state index in [0.29, 0.717) is 24.7 Å². The van der Waals surface area contributed by atoms with Gasteiger partial charge in [0.1, 0.15) is 0 Å². The summed E-state index contributed by atoms with van der Waals surface area (Å²) in [6.07, 6.45) is 2.69. The van der Waals surface area contributed by atoms with E-state index >= 15 is 0 Å². The van der Waals surface area contributed by atoms with Crippen LogP contribution in [0.15, 0.2) is 54.7 Å². The Bertz CT molecular complexity index is 1190. The largest absolute Gasteiger partial charge is 0.357 e. The first-order valence-corrected chi connectivity index (χ1v) is 9.71. The first-order chi connectivity index (χ1) is 13.7. The number of hydrogen-bond acceptors (Lipinski definition) is 2. The number of urea groups is 1. The van der Waals surface area contributed by atoms with Crippen LogP contribution < -0.4 is 5.32 Å². The maximum atomic E-state index is 12.7. The number of amides is 2. The molecule has 2 amide bonds. The zero-order valence-corrected chi connectivity index (χ0v) is 16.0. The van der Waals surface area contributed by atoms with Crippen LogP contribution in [0.3, 0.4) is 0 Å². The summed E-state index contributed by atoms with van der Waals surface area (Å²) in [4.78, 5) is 22.7. The lowest BCUT2D eigenvalue weighted by Crippen LogP contribution is -2.42. The molecular weight excluding hydrogens is 372 g/mol. The van der Waals surface area contributed by atoms with Crippen molar-refractivity contribution in [2.75, 3.05) is 6.54 Å². The Morgan fingerprint density at radius 3 is 2.89 bits per heavy atom. The molecule has 0 aliphatic carbocycles. The predicted molar refractivity (Wildman–Crippen MR) is 111 cm³/mol. The number of halogens is 1. The normalized spacial score (nSPS) is 13.7. The average Bonchev–Trinajstić information content (AvgIpc) is 3.10. The lowest BCUT2D eigenvalue weighted by Gasteiger charge is -2.27. The van der Waals surface area contributed by atoms with Gasteiger partial charge < -0.3 is 15.2 Å². The zero-order valence-electron chi connectivity index (χ0n) is 15.2. The zero-order chi connectivity index (χ0) is 19.1. The van der Waals surface area contributed by atoms with Gasteiger partial charge in [-0.2, -0.15) is 0 Å². The number of fused-ring (bicyclic) bond motifs is 5. The summed E-state index contributed by atoms with van der Waals surface area (Å²) in [5.74, 6) is 0. The lowest BCUT2D eigenvalue weighted by molar-refractivity contribution is 0.192. The quantitative estimate of drug-likeness (QED) is 0.524. The molecule has 2 aromatic heterocycles. The van der Waals surface area contributed by atoms with E-state index in [1.165, 1.54) is 5.69 Å². The van der Waals surface area contributed by atoms with E-state index in [0.717, 1.165) is 39.4 Å². The Morgan fingerprint density at radius 2 is 2.04 bits per heavy atom. The van der Waals surface area contributed by atoms with Crippen LogP contribution in [0.1, 0.15) is 16.8 Å². The van der Waals surface area contributed by atoms with E-state index in [4.69, 9.17) is 11.6 Å². The van der Waals surface area contributed by atoms with Gasteiger partial charge >= 0.3 is 6.03 Å². The van der Waals surface area contributed by atoms with E-state index in [1.54, 1.807) is 0 Å². The molecule has 28 heavy (non-hydrogen) atoms. The molecule has 0 spiro atoms. The number of nitrogens with zero attached hydrogens (tertiary/aromatic N) is 2. The summed E-state index contributed by atoms with van der Waals surface area (Å²) < 4.78 is 0.